The number of rotatable bonds is 6. The Balaban J connectivity index is 1.47. The second-order valence-corrected chi connectivity index (χ2v) is 11.4. The predicted octanol–water partition coefficient (Wildman–Crippen LogP) is 4.45. The number of sulfone groups is 1. The van der Waals surface area contributed by atoms with Crippen molar-refractivity contribution in [3.05, 3.63) is 45.4 Å². The molecule has 2 fully saturated rings. The van der Waals surface area contributed by atoms with Gasteiger partial charge in [0.15, 0.2) is 9.84 Å². The van der Waals surface area contributed by atoms with Crippen LogP contribution in [0.5, 0.6) is 0 Å². The zero-order chi connectivity index (χ0) is 22.0. The van der Waals surface area contributed by atoms with Crippen molar-refractivity contribution in [2.45, 2.75) is 69.3 Å². The summed E-state index contributed by atoms with van der Waals surface area (Å²) in [5, 5.41) is 0.173. The molecule has 4 aliphatic rings. The van der Waals surface area contributed by atoms with Gasteiger partial charge in [-0.05, 0) is 64.6 Å². The number of hydrogen-bond donors (Lipinski definition) is 0. The fourth-order valence-corrected chi connectivity index (χ4v) is 6.04. The van der Waals surface area contributed by atoms with Crippen LogP contribution in [0.1, 0.15) is 51.9 Å². The molecule has 1 atom stereocenters. The first-order chi connectivity index (χ1) is 14.8. The Kier molecular flexibility index (Phi) is 6.94. The van der Waals surface area contributed by atoms with Crippen LogP contribution in [-0.4, -0.2) is 57.1 Å². The molecule has 0 aromatic heterocycles. The number of aliphatic imine (C=N–C) groups is 1. The van der Waals surface area contributed by atoms with Gasteiger partial charge in [0.05, 0.1) is 20.8 Å². The molecule has 2 aliphatic heterocycles. The zero-order valence-corrected chi connectivity index (χ0v) is 19.8. The van der Waals surface area contributed by atoms with E-state index in [1.165, 1.54) is 0 Å². The topological polar surface area (TPSA) is 68.2 Å². The van der Waals surface area contributed by atoms with Crippen molar-refractivity contribution in [1.82, 2.24) is 4.90 Å². The van der Waals surface area contributed by atoms with Crippen LogP contribution in [0.4, 0.5) is 0 Å². The number of hydrogen-bond acceptors (Lipinski definition) is 6. The zero-order valence-electron chi connectivity index (χ0n) is 18.2. The molecule has 0 bridgehead atoms. The van der Waals surface area contributed by atoms with Gasteiger partial charge in [0.25, 0.3) is 0 Å². The molecule has 1 saturated heterocycles. The standard InChI is InChI=1S/C23H31ClN2O4S/c1-16-21(5-3-4-12-25-23(16)29-17-10-13-26(2)14-11-17)30-22-9-8-19(15-20(22)24)31(27,28)18-6-7-18/h5,8,12,15,17-18,22H,3-4,6-7,9-11,13-14H2,1-2H3/b21-5+,23-16+,25-12-. The minimum Gasteiger partial charge on any atom is -0.484 e. The van der Waals surface area contributed by atoms with Crippen molar-refractivity contribution < 1.29 is 17.9 Å². The maximum absolute atomic E-state index is 12.5. The molecule has 4 rings (SSSR count). The highest BCUT2D eigenvalue weighted by atomic mass is 35.5. The Morgan fingerprint density at radius 3 is 2.52 bits per heavy atom. The molecular weight excluding hydrogens is 436 g/mol. The molecule has 6 nitrogen and oxygen atoms in total. The van der Waals surface area contributed by atoms with Gasteiger partial charge in [0.2, 0.25) is 5.88 Å². The minimum atomic E-state index is -3.25. The highest BCUT2D eigenvalue weighted by Gasteiger charge is 2.39. The number of nitrogens with zero attached hydrogens (tertiary/aromatic N) is 2. The van der Waals surface area contributed by atoms with Crippen LogP contribution >= 0.6 is 11.6 Å². The molecule has 0 aromatic carbocycles. The lowest BCUT2D eigenvalue weighted by Crippen LogP contribution is -2.34. The third kappa shape index (κ3) is 5.44. The van der Waals surface area contributed by atoms with Gasteiger partial charge in [-0.3, -0.25) is 0 Å². The Hall–Kier alpha value is -1.57. The van der Waals surface area contributed by atoms with Crippen molar-refractivity contribution in [3.8, 4) is 0 Å². The van der Waals surface area contributed by atoms with Gasteiger partial charge in [0.1, 0.15) is 18.0 Å². The third-order valence-electron chi connectivity index (χ3n) is 6.15. The van der Waals surface area contributed by atoms with Crippen molar-refractivity contribution in [2.24, 2.45) is 4.99 Å². The van der Waals surface area contributed by atoms with Gasteiger partial charge in [0, 0.05) is 25.7 Å². The molecule has 0 radical (unpaired) electrons. The van der Waals surface area contributed by atoms with Crippen molar-refractivity contribution in [2.75, 3.05) is 20.1 Å². The fraction of sp³-hybridized carbons (Fsp3) is 0.609. The molecule has 170 valence electrons. The van der Waals surface area contributed by atoms with Gasteiger partial charge < -0.3 is 14.4 Å². The summed E-state index contributed by atoms with van der Waals surface area (Å²) in [6.07, 6.45) is 12.4. The highest BCUT2D eigenvalue weighted by Crippen LogP contribution is 2.37. The molecule has 0 N–H and O–H groups in total. The first kappa shape index (κ1) is 22.6. The van der Waals surface area contributed by atoms with Gasteiger partial charge in [-0.1, -0.05) is 17.7 Å². The Morgan fingerprint density at radius 1 is 1.10 bits per heavy atom. The SMILES string of the molecule is CC1=C(OC2CCN(C)CC2)/N=C\CC/C=C\1OC1CC=C(S(=O)(=O)C2CC2)C=C1Cl. The maximum atomic E-state index is 12.5. The number of piperidine rings is 1. The lowest BCUT2D eigenvalue weighted by Gasteiger charge is -2.30. The lowest BCUT2D eigenvalue weighted by atomic mass is 10.1. The Labute approximate surface area is 190 Å². The van der Waals surface area contributed by atoms with E-state index < -0.39 is 15.9 Å². The first-order valence-corrected chi connectivity index (χ1v) is 13.0. The van der Waals surface area contributed by atoms with Crippen LogP contribution in [0.25, 0.3) is 0 Å². The number of ether oxygens (including phenoxy) is 2. The van der Waals surface area contributed by atoms with Crippen LogP contribution < -0.4 is 0 Å². The summed E-state index contributed by atoms with van der Waals surface area (Å²) in [5.41, 5.74) is 0.847. The van der Waals surface area contributed by atoms with Gasteiger partial charge in [-0.2, -0.15) is 0 Å². The Morgan fingerprint density at radius 2 is 1.84 bits per heavy atom. The fourth-order valence-electron chi connectivity index (χ4n) is 3.96. The van der Waals surface area contributed by atoms with E-state index in [4.69, 9.17) is 21.1 Å². The summed E-state index contributed by atoms with van der Waals surface area (Å²) in [7, 11) is -1.13. The number of likely N-dealkylation sites (tertiary alicyclic amines) is 1. The summed E-state index contributed by atoms with van der Waals surface area (Å²) in [4.78, 5) is 7.20. The molecule has 0 spiro atoms. The second kappa shape index (κ2) is 9.51. The van der Waals surface area contributed by atoms with Crippen LogP contribution in [0.15, 0.2) is 50.4 Å². The molecular formula is C23H31ClN2O4S. The van der Waals surface area contributed by atoms with Crippen LogP contribution in [0, 0.1) is 0 Å². The van der Waals surface area contributed by atoms with Crippen molar-refractivity contribution in [3.63, 3.8) is 0 Å². The largest absolute Gasteiger partial charge is 0.484 e. The molecule has 2 heterocycles. The average Bonchev–Trinajstić information content (AvgIpc) is 3.59. The summed E-state index contributed by atoms with van der Waals surface area (Å²) in [6.45, 7) is 3.99. The monoisotopic (exact) mass is 466 g/mol. The summed E-state index contributed by atoms with van der Waals surface area (Å²) in [5.74, 6) is 1.31. The third-order valence-corrected chi connectivity index (χ3v) is 8.79. The van der Waals surface area contributed by atoms with Crippen molar-refractivity contribution in [1.29, 1.82) is 0 Å². The maximum Gasteiger partial charge on any atom is 0.219 e. The van der Waals surface area contributed by atoms with E-state index in [0.717, 1.165) is 57.2 Å². The van der Waals surface area contributed by atoms with Crippen LogP contribution in [0.2, 0.25) is 0 Å². The van der Waals surface area contributed by atoms with E-state index in [1.807, 2.05) is 19.2 Å². The molecule has 31 heavy (non-hydrogen) atoms. The number of allylic oxidation sites excluding steroid dienone is 3. The molecule has 0 amide bonds. The molecule has 0 aromatic rings. The minimum absolute atomic E-state index is 0.148. The number of halogens is 1. The smallest absolute Gasteiger partial charge is 0.219 e. The quantitative estimate of drug-likeness (QED) is 0.578. The lowest BCUT2D eigenvalue weighted by molar-refractivity contribution is 0.0542. The average molecular weight is 467 g/mol. The summed E-state index contributed by atoms with van der Waals surface area (Å²) in [6, 6.07) is 0. The van der Waals surface area contributed by atoms with E-state index in [2.05, 4.69) is 16.9 Å². The van der Waals surface area contributed by atoms with Gasteiger partial charge in [-0.15, -0.1) is 0 Å². The Bertz CT molecular complexity index is 952. The normalized spacial score (nSPS) is 31.6. The molecule has 2 aliphatic carbocycles. The predicted molar refractivity (Wildman–Crippen MR) is 124 cm³/mol. The van der Waals surface area contributed by atoms with Crippen LogP contribution in [0.3, 0.4) is 0 Å². The van der Waals surface area contributed by atoms with Gasteiger partial charge >= 0.3 is 0 Å². The van der Waals surface area contributed by atoms with E-state index in [1.54, 1.807) is 12.2 Å². The molecule has 1 saturated carbocycles. The molecule has 8 heteroatoms. The van der Waals surface area contributed by atoms with Gasteiger partial charge in [-0.25, -0.2) is 13.4 Å². The van der Waals surface area contributed by atoms with Crippen molar-refractivity contribution >= 4 is 27.7 Å². The van der Waals surface area contributed by atoms with E-state index in [9.17, 15) is 8.42 Å². The highest BCUT2D eigenvalue weighted by molar-refractivity contribution is 7.96. The van der Waals surface area contributed by atoms with E-state index in [0.29, 0.717) is 28.0 Å². The first-order valence-electron chi connectivity index (χ1n) is 11.1. The summed E-state index contributed by atoms with van der Waals surface area (Å²) >= 11 is 6.48. The van der Waals surface area contributed by atoms with Crippen LogP contribution in [-0.2, 0) is 19.3 Å². The molecule has 1 unspecified atom stereocenters. The van der Waals surface area contributed by atoms with E-state index in [-0.39, 0.29) is 11.4 Å². The van der Waals surface area contributed by atoms with E-state index >= 15 is 0 Å². The second-order valence-electron chi connectivity index (χ2n) is 8.73. The summed E-state index contributed by atoms with van der Waals surface area (Å²) < 4.78 is 37.6.